The van der Waals surface area contributed by atoms with Gasteiger partial charge in [-0.3, -0.25) is 0 Å². The molecule has 25 heavy (non-hydrogen) atoms. The largest absolute Gasteiger partial charge is 0.488 e. The first-order valence-electron chi connectivity index (χ1n) is 8.33. The summed E-state index contributed by atoms with van der Waals surface area (Å²) in [6.45, 7) is 7.97. The Bertz CT molecular complexity index is 725. The van der Waals surface area contributed by atoms with Crippen molar-refractivity contribution in [3.05, 3.63) is 23.8 Å². The van der Waals surface area contributed by atoms with Gasteiger partial charge in [0.2, 0.25) is 10.0 Å². The molecule has 1 aliphatic heterocycles. The molecule has 8 heteroatoms. The van der Waals surface area contributed by atoms with Crippen LogP contribution >= 0.6 is 0 Å². The third kappa shape index (κ3) is 5.89. The van der Waals surface area contributed by atoms with Crippen LogP contribution in [0.3, 0.4) is 0 Å². The monoisotopic (exact) mass is 370 g/mol. The zero-order chi connectivity index (χ0) is 18.7. The van der Waals surface area contributed by atoms with Crippen molar-refractivity contribution in [1.29, 1.82) is 0 Å². The van der Waals surface area contributed by atoms with E-state index in [4.69, 9.17) is 9.47 Å². The molecule has 0 aromatic heterocycles. The molecule has 7 nitrogen and oxygen atoms in total. The number of alkyl carbamates (subject to hydrolysis) is 1. The molecule has 140 valence electrons. The standard InChI is InChI=1S/C17H26N2O5S/c1-12-11-19-25(21,22)15-8-7-13(10-14(15)23-12)6-5-9-18-16(20)24-17(2,3)4/h7-8,10,12,19H,5-6,9,11H2,1-4H3,(H,18,20)/t12-/m1/s1. The van der Waals surface area contributed by atoms with Crippen LogP contribution in [0.1, 0.15) is 39.7 Å². The summed E-state index contributed by atoms with van der Waals surface area (Å²) in [5.74, 6) is 0.370. The third-order valence-electron chi connectivity index (χ3n) is 3.50. The summed E-state index contributed by atoms with van der Waals surface area (Å²) in [6, 6.07) is 5.08. The minimum Gasteiger partial charge on any atom is -0.488 e. The summed E-state index contributed by atoms with van der Waals surface area (Å²) >= 11 is 0. The number of carbonyl (C=O) groups is 1. The van der Waals surface area contributed by atoms with Gasteiger partial charge in [0.15, 0.2) is 0 Å². The van der Waals surface area contributed by atoms with Gasteiger partial charge >= 0.3 is 6.09 Å². The first-order chi connectivity index (χ1) is 11.6. The molecule has 1 heterocycles. The number of carbonyl (C=O) groups excluding carboxylic acids is 1. The van der Waals surface area contributed by atoms with Gasteiger partial charge in [-0.1, -0.05) is 6.07 Å². The van der Waals surface area contributed by atoms with Gasteiger partial charge in [-0.05, 0) is 58.2 Å². The molecule has 1 atom stereocenters. The fraction of sp³-hybridized carbons (Fsp3) is 0.588. The van der Waals surface area contributed by atoms with E-state index in [1.54, 1.807) is 18.2 Å². The number of benzene rings is 1. The third-order valence-corrected chi connectivity index (χ3v) is 4.96. The Labute approximate surface area is 149 Å². The van der Waals surface area contributed by atoms with E-state index in [-0.39, 0.29) is 17.5 Å². The maximum absolute atomic E-state index is 12.1. The molecular formula is C17H26N2O5S. The average Bonchev–Trinajstić information content (AvgIpc) is 2.58. The topological polar surface area (TPSA) is 93.7 Å². The summed E-state index contributed by atoms with van der Waals surface area (Å²) in [7, 11) is -3.53. The molecule has 1 aliphatic rings. The summed E-state index contributed by atoms with van der Waals surface area (Å²) in [6.07, 6.45) is 0.719. The Morgan fingerprint density at radius 2 is 2.12 bits per heavy atom. The molecule has 1 aromatic carbocycles. The minimum atomic E-state index is -3.53. The van der Waals surface area contributed by atoms with Crippen LogP contribution in [0.5, 0.6) is 5.75 Å². The number of sulfonamides is 1. The zero-order valence-electron chi connectivity index (χ0n) is 15.1. The van der Waals surface area contributed by atoms with Crippen molar-refractivity contribution >= 4 is 16.1 Å². The molecule has 2 N–H and O–H groups in total. The van der Waals surface area contributed by atoms with Crippen molar-refractivity contribution in [2.45, 2.75) is 57.1 Å². The lowest BCUT2D eigenvalue weighted by Gasteiger charge is -2.19. The SMILES string of the molecule is C[C@@H]1CNS(=O)(=O)c2ccc(CCCNC(=O)OC(C)(C)C)cc2O1. The Morgan fingerprint density at radius 1 is 1.40 bits per heavy atom. The Balaban J connectivity index is 1.93. The maximum atomic E-state index is 12.1. The second-order valence-electron chi connectivity index (χ2n) is 7.09. The second kappa shape index (κ2) is 7.61. The fourth-order valence-corrected chi connectivity index (χ4v) is 3.61. The predicted molar refractivity (Wildman–Crippen MR) is 94.3 cm³/mol. The first-order valence-corrected chi connectivity index (χ1v) is 9.81. The van der Waals surface area contributed by atoms with E-state index in [2.05, 4.69) is 10.0 Å². The second-order valence-corrected chi connectivity index (χ2v) is 8.83. The van der Waals surface area contributed by atoms with Gasteiger partial charge in [0, 0.05) is 13.1 Å². The highest BCUT2D eigenvalue weighted by Gasteiger charge is 2.25. The quantitative estimate of drug-likeness (QED) is 0.793. The van der Waals surface area contributed by atoms with Crippen LogP contribution in [-0.4, -0.2) is 39.3 Å². The number of hydrogen-bond donors (Lipinski definition) is 2. The molecular weight excluding hydrogens is 344 g/mol. The van der Waals surface area contributed by atoms with E-state index in [1.807, 2.05) is 27.7 Å². The fourth-order valence-electron chi connectivity index (χ4n) is 2.38. The van der Waals surface area contributed by atoms with Gasteiger partial charge in [-0.25, -0.2) is 17.9 Å². The highest BCUT2D eigenvalue weighted by molar-refractivity contribution is 7.89. The molecule has 0 fully saturated rings. The molecule has 1 amide bonds. The van der Waals surface area contributed by atoms with Crippen LogP contribution < -0.4 is 14.8 Å². The average molecular weight is 370 g/mol. The van der Waals surface area contributed by atoms with Crippen LogP contribution in [0.2, 0.25) is 0 Å². The lowest BCUT2D eigenvalue weighted by molar-refractivity contribution is 0.0527. The Hall–Kier alpha value is -1.80. The summed E-state index contributed by atoms with van der Waals surface area (Å²) in [5.41, 5.74) is 0.434. The van der Waals surface area contributed by atoms with E-state index in [0.717, 1.165) is 5.56 Å². The van der Waals surface area contributed by atoms with E-state index in [1.165, 1.54) is 0 Å². The molecule has 2 rings (SSSR count). The van der Waals surface area contributed by atoms with E-state index in [0.29, 0.717) is 25.1 Å². The van der Waals surface area contributed by atoms with E-state index >= 15 is 0 Å². The van der Waals surface area contributed by atoms with Crippen LogP contribution in [0, 0.1) is 0 Å². The normalized spacial score (nSPS) is 19.3. The predicted octanol–water partition coefficient (Wildman–Crippen LogP) is 2.20. The Morgan fingerprint density at radius 3 is 2.80 bits per heavy atom. The molecule has 0 aliphatic carbocycles. The van der Waals surface area contributed by atoms with Gasteiger partial charge in [-0.15, -0.1) is 0 Å². The number of hydrogen-bond acceptors (Lipinski definition) is 5. The van der Waals surface area contributed by atoms with Crippen molar-refractivity contribution in [1.82, 2.24) is 10.0 Å². The molecule has 0 saturated heterocycles. The lowest BCUT2D eigenvalue weighted by Crippen LogP contribution is -2.33. The number of nitrogens with one attached hydrogen (secondary N) is 2. The lowest BCUT2D eigenvalue weighted by atomic mass is 10.1. The van der Waals surface area contributed by atoms with Crippen LogP contribution in [0.4, 0.5) is 4.79 Å². The number of ether oxygens (including phenoxy) is 2. The number of fused-ring (bicyclic) bond motifs is 1. The van der Waals surface area contributed by atoms with Crippen molar-refractivity contribution in [2.75, 3.05) is 13.1 Å². The minimum absolute atomic E-state index is 0.160. The van der Waals surface area contributed by atoms with Crippen LogP contribution in [0.15, 0.2) is 23.1 Å². The summed E-state index contributed by atoms with van der Waals surface area (Å²) in [4.78, 5) is 11.7. The van der Waals surface area contributed by atoms with Gasteiger partial charge in [0.1, 0.15) is 22.4 Å². The summed E-state index contributed by atoms with van der Waals surface area (Å²) in [5, 5.41) is 2.70. The smallest absolute Gasteiger partial charge is 0.407 e. The van der Waals surface area contributed by atoms with Crippen molar-refractivity contribution < 1.29 is 22.7 Å². The molecule has 0 saturated carbocycles. The molecule has 0 unspecified atom stereocenters. The highest BCUT2D eigenvalue weighted by Crippen LogP contribution is 2.28. The molecule has 0 bridgehead atoms. The van der Waals surface area contributed by atoms with Crippen LogP contribution in [-0.2, 0) is 21.2 Å². The van der Waals surface area contributed by atoms with Gasteiger partial charge < -0.3 is 14.8 Å². The van der Waals surface area contributed by atoms with Crippen molar-refractivity contribution in [3.63, 3.8) is 0 Å². The van der Waals surface area contributed by atoms with Crippen molar-refractivity contribution in [2.24, 2.45) is 0 Å². The molecule has 0 spiro atoms. The Kier molecular flexibility index (Phi) is 5.95. The number of rotatable bonds is 4. The number of aryl methyl sites for hydroxylation is 1. The summed E-state index contributed by atoms with van der Waals surface area (Å²) < 4.78 is 37.7. The maximum Gasteiger partial charge on any atom is 0.407 e. The molecule has 1 aromatic rings. The molecule has 0 radical (unpaired) electrons. The van der Waals surface area contributed by atoms with E-state index in [9.17, 15) is 13.2 Å². The highest BCUT2D eigenvalue weighted by atomic mass is 32.2. The van der Waals surface area contributed by atoms with Gasteiger partial charge in [-0.2, -0.15) is 0 Å². The van der Waals surface area contributed by atoms with Gasteiger partial charge in [0.05, 0.1) is 0 Å². The number of amides is 1. The zero-order valence-corrected chi connectivity index (χ0v) is 15.9. The van der Waals surface area contributed by atoms with Crippen LogP contribution in [0.25, 0.3) is 0 Å². The van der Waals surface area contributed by atoms with E-state index < -0.39 is 21.7 Å². The van der Waals surface area contributed by atoms with Crippen molar-refractivity contribution in [3.8, 4) is 5.75 Å². The van der Waals surface area contributed by atoms with Gasteiger partial charge in [0.25, 0.3) is 0 Å². The first kappa shape index (κ1) is 19.5.